The van der Waals surface area contributed by atoms with Crippen LogP contribution in [0.15, 0.2) is 200 Å². The molecular formula is C53H33N5. The minimum atomic E-state index is 0.968. The third-order valence-electron chi connectivity index (χ3n) is 12.1. The van der Waals surface area contributed by atoms with Crippen molar-refractivity contribution in [3.63, 3.8) is 0 Å². The Kier molecular flexibility index (Phi) is 6.38. The Labute approximate surface area is 333 Å². The Hall–Kier alpha value is -7.89. The fourth-order valence-corrected chi connectivity index (χ4v) is 9.81. The van der Waals surface area contributed by atoms with Gasteiger partial charge in [0.05, 0.1) is 44.5 Å². The van der Waals surface area contributed by atoms with E-state index >= 15 is 0 Å². The van der Waals surface area contributed by atoms with Crippen LogP contribution in [0.4, 0.5) is 34.1 Å². The Balaban J connectivity index is 1.16. The van der Waals surface area contributed by atoms with E-state index in [-0.39, 0.29) is 0 Å². The number of aromatic nitrogens is 3. The van der Waals surface area contributed by atoms with Crippen LogP contribution in [-0.4, -0.2) is 13.8 Å². The largest absolute Gasteiger partial charge is 0.308 e. The number of para-hydroxylation sites is 8. The van der Waals surface area contributed by atoms with Crippen LogP contribution in [-0.2, 0) is 0 Å². The molecule has 0 atom stereocenters. The van der Waals surface area contributed by atoms with Crippen LogP contribution in [0.25, 0.3) is 76.5 Å². The number of benzene rings is 8. The molecule has 5 aromatic heterocycles. The summed E-state index contributed by atoms with van der Waals surface area (Å²) in [5, 5.41) is 8.40. The highest BCUT2D eigenvalue weighted by atomic mass is 15.2. The normalized spacial score (nSPS) is 12.1. The average molecular weight is 740 g/mol. The minimum absolute atomic E-state index is 0.968. The fraction of sp³-hybridized carbons (Fsp3) is 0. The summed E-state index contributed by atoms with van der Waals surface area (Å²) in [6.45, 7) is 0. The molecule has 8 aromatic carbocycles. The molecule has 5 heteroatoms. The molecule has 0 radical (unpaired) electrons. The molecule has 270 valence electrons. The second-order valence-electron chi connectivity index (χ2n) is 15.2. The van der Waals surface area contributed by atoms with E-state index in [1.54, 1.807) is 0 Å². The molecule has 0 amide bonds. The van der Waals surface area contributed by atoms with Gasteiger partial charge >= 0.3 is 0 Å². The van der Waals surface area contributed by atoms with Gasteiger partial charge in [0.15, 0.2) is 0 Å². The molecular weight excluding hydrogens is 707 g/mol. The molecule has 0 saturated carbocycles. The number of pyridine rings is 1. The zero-order valence-electron chi connectivity index (χ0n) is 31.3. The van der Waals surface area contributed by atoms with Gasteiger partial charge in [-0.05, 0) is 66.7 Å². The Morgan fingerprint density at radius 2 is 0.672 bits per heavy atom. The molecule has 0 bridgehead atoms. The second-order valence-corrected chi connectivity index (χ2v) is 15.2. The summed E-state index contributed by atoms with van der Waals surface area (Å²) < 4.78 is 4.92. The van der Waals surface area contributed by atoms with Crippen LogP contribution in [0.1, 0.15) is 0 Å². The van der Waals surface area contributed by atoms with E-state index in [0.29, 0.717) is 0 Å². The van der Waals surface area contributed by atoms with E-state index in [0.717, 1.165) is 67.1 Å². The quantitative estimate of drug-likeness (QED) is 0.170. The fourth-order valence-electron chi connectivity index (χ4n) is 9.81. The lowest BCUT2D eigenvalue weighted by Gasteiger charge is -2.26. The molecule has 0 aliphatic heterocycles. The van der Waals surface area contributed by atoms with E-state index in [4.69, 9.17) is 4.98 Å². The summed E-state index contributed by atoms with van der Waals surface area (Å²) in [5.74, 6) is 0. The molecule has 13 aromatic rings. The van der Waals surface area contributed by atoms with Crippen molar-refractivity contribution in [2.24, 2.45) is 0 Å². The van der Waals surface area contributed by atoms with Crippen molar-refractivity contribution in [2.75, 3.05) is 9.80 Å². The zero-order chi connectivity index (χ0) is 37.9. The first kappa shape index (κ1) is 31.3. The molecule has 5 nitrogen and oxygen atoms in total. The van der Waals surface area contributed by atoms with Gasteiger partial charge in [0.1, 0.15) is 5.65 Å². The molecule has 0 unspecified atom stereocenters. The predicted molar refractivity (Wildman–Crippen MR) is 243 cm³/mol. The predicted octanol–water partition coefficient (Wildman–Crippen LogP) is 14.3. The lowest BCUT2D eigenvalue weighted by atomic mass is 10.1. The Morgan fingerprint density at radius 3 is 1.14 bits per heavy atom. The van der Waals surface area contributed by atoms with E-state index in [2.05, 4.69) is 219 Å². The maximum absolute atomic E-state index is 5.76. The van der Waals surface area contributed by atoms with Crippen molar-refractivity contribution in [1.82, 2.24) is 13.8 Å². The molecule has 0 spiro atoms. The van der Waals surface area contributed by atoms with Crippen molar-refractivity contribution in [3.05, 3.63) is 200 Å². The molecule has 0 saturated heterocycles. The molecule has 0 N–H and O–H groups in total. The number of nitrogens with zero attached hydrogens (tertiary/aromatic N) is 5. The van der Waals surface area contributed by atoms with Crippen LogP contribution in [0.5, 0.6) is 0 Å². The van der Waals surface area contributed by atoms with Gasteiger partial charge in [-0.3, -0.25) is 4.40 Å². The first-order chi connectivity index (χ1) is 28.8. The van der Waals surface area contributed by atoms with Crippen molar-refractivity contribution in [1.29, 1.82) is 0 Å². The summed E-state index contributed by atoms with van der Waals surface area (Å²) in [6.07, 6.45) is 0. The highest BCUT2D eigenvalue weighted by Crippen LogP contribution is 2.49. The summed E-state index contributed by atoms with van der Waals surface area (Å²) >= 11 is 0. The third-order valence-corrected chi connectivity index (χ3v) is 12.1. The van der Waals surface area contributed by atoms with Gasteiger partial charge < -0.3 is 14.2 Å². The topological polar surface area (TPSA) is 28.2 Å². The lowest BCUT2D eigenvalue weighted by molar-refractivity contribution is 1.25. The van der Waals surface area contributed by atoms with Gasteiger partial charge in [0.25, 0.3) is 0 Å². The van der Waals surface area contributed by atoms with E-state index in [1.165, 1.54) is 43.5 Å². The highest BCUT2D eigenvalue weighted by molar-refractivity contribution is 6.29. The summed E-state index contributed by atoms with van der Waals surface area (Å²) in [6, 6.07) is 72.0. The Morgan fingerprint density at radius 1 is 0.310 bits per heavy atom. The third kappa shape index (κ3) is 4.17. The van der Waals surface area contributed by atoms with Crippen molar-refractivity contribution in [2.45, 2.75) is 0 Å². The van der Waals surface area contributed by atoms with Gasteiger partial charge in [0, 0.05) is 60.5 Å². The van der Waals surface area contributed by atoms with Crippen molar-refractivity contribution >= 4 is 111 Å². The summed E-state index contributed by atoms with van der Waals surface area (Å²) in [5.41, 5.74) is 14.5. The number of fused-ring (bicyclic) bond motifs is 12. The first-order valence-corrected chi connectivity index (χ1v) is 19.8. The van der Waals surface area contributed by atoms with E-state index in [9.17, 15) is 0 Å². The molecule has 58 heavy (non-hydrogen) atoms. The number of hydrogen-bond acceptors (Lipinski definition) is 3. The van der Waals surface area contributed by atoms with Crippen molar-refractivity contribution in [3.8, 4) is 0 Å². The van der Waals surface area contributed by atoms with E-state index < -0.39 is 0 Å². The SMILES string of the molecule is c1ccc(N(c2ccccc2)c2cccc3c4cccc5c6nc7c(cc6n(c23)c45)c2cccc3c4cccc(N(c5ccccc5)c5ccccc5)c4n7c23)cc1. The summed E-state index contributed by atoms with van der Waals surface area (Å²) in [4.78, 5) is 10.5. The second kappa shape index (κ2) is 11.8. The molecule has 13 rings (SSSR count). The molecule has 5 heterocycles. The molecule has 0 aliphatic rings. The highest BCUT2D eigenvalue weighted by Gasteiger charge is 2.27. The minimum Gasteiger partial charge on any atom is -0.308 e. The monoisotopic (exact) mass is 739 g/mol. The smallest absolute Gasteiger partial charge is 0.146 e. The van der Waals surface area contributed by atoms with Gasteiger partial charge in [-0.2, -0.15) is 0 Å². The zero-order valence-corrected chi connectivity index (χ0v) is 31.3. The first-order valence-electron chi connectivity index (χ1n) is 19.8. The summed E-state index contributed by atoms with van der Waals surface area (Å²) in [7, 11) is 0. The number of hydrogen-bond donors (Lipinski definition) is 0. The Bertz CT molecular complexity index is 3340. The van der Waals surface area contributed by atoms with Crippen LogP contribution in [0.3, 0.4) is 0 Å². The van der Waals surface area contributed by atoms with Gasteiger partial charge in [-0.1, -0.05) is 133 Å². The van der Waals surface area contributed by atoms with Crippen LogP contribution < -0.4 is 9.80 Å². The van der Waals surface area contributed by atoms with Crippen LogP contribution in [0.2, 0.25) is 0 Å². The average Bonchev–Trinajstić information content (AvgIpc) is 4.02. The van der Waals surface area contributed by atoms with Crippen LogP contribution >= 0.6 is 0 Å². The van der Waals surface area contributed by atoms with Crippen molar-refractivity contribution < 1.29 is 0 Å². The number of anilines is 6. The van der Waals surface area contributed by atoms with E-state index in [1.807, 2.05) is 0 Å². The maximum Gasteiger partial charge on any atom is 0.146 e. The lowest BCUT2D eigenvalue weighted by Crippen LogP contribution is -2.10. The maximum atomic E-state index is 5.76. The van der Waals surface area contributed by atoms with Gasteiger partial charge in [-0.15, -0.1) is 0 Å². The van der Waals surface area contributed by atoms with Crippen LogP contribution in [0, 0.1) is 0 Å². The van der Waals surface area contributed by atoms with Gasteiger partial charge in [0.2, 0.25) is 0 Å². The number of rotatable bonds is 6. The van der Waals surface area contributed by atoms with Gasteiger partial charge in [-0.25, -0.2) is 4.98 Å². The molecule has 0 aliphatic carbocycles. The molecule has 0 fully saturated rings. The standard InChI is InChI=1S/C53H33N5/c1-5-17-34(18-6-1)55(35-19-7-2-8-20-35)45-31-15-28-40-39-26-14-30-43-48-47(57(50(39)43)51(40)45)33-44-42-27-13-25-38-41-29-16-32-46(52(41)58(49(38)42)53(44)54-48)56(36-21-9-3-10-22-36)37-23-11-4-12-24-37/h1-33H.